The molecule has 1 fully saturated rings. The molecule has 164 valence electrons. The second-order valence-electron chi connectivity index (χ2n) is 8.36. The quantitative estimate of drug-likeness (QED) is 0.497. The van der Waals surface area contributed by atoms with Crippen molar-refractivity contribution in [3.8, 4) is 11.1 Å². The molecule has 3 aromatic carbocycles. The first-order valence-electron chi connectivity index (χ1n) is 11.1. The van der Waals surface area contributed by atoms with Crippen molar-refractivity contribution in [2.75, 3.05) is 38.1 Å². The van der Waals surface area contributed by atoms with Gasteiger partial charge in [-0.1, -0.05) is 48.5 Å². The Balaban J connectivity index is 1.25. The van der Waals surface area contributed by atoms with Crippen LogP contribution in [-0.4, -0.2) is 43.8 Å². The molecule has 1 aliphatic carbocycles. The molecule has 1 aliphatic heterocycles. The summed E-state index contributed by atoms with van der Waals surface area (Å²) in [6, 6.07) is 22.6. The van der Waals surface area contributed by atoms with E-state index in [-0.39, 0.29) is 5.92 Å². The molecule has 0 bridgehead atoms. The van der Waals surface area contributed by atoms with E-state index >= 15 is 0 Å². The number of carbonyl (C=O) groups excluding carboxylic acids is 1. The van der Waals surface area contributed by atoms with Gasteiger partial charge in [0, 0.05) is 49.2 Å². The number of nitrogens with zero attached hydrogens (tertiary/aromatic N) is 1. The minimum Gasteiger partial charge on any atom is -0.448 e. The summed E-state index contributed by atoms with van der Waals surface area (Å²) in [5.41, 5.74) is 6.69. The van der Waals surface area contributed by atoms with Crippen LogP contribution in [0.2, 0.25) is 0 Å². The summed E-state index contributed by atoms with van der Waals surface area (Å²) in [4.78, 5) is 15.9. The maximum atomic E-state index is 12.6. The molecule has 0 radical (unpaired) electrons. The first-order valence-corrected chi connectivity index (χ1v) is 11.5. The fourth-order valence-electron chi connectivity index (χ4n) is 4.72. The second kappa shape index (κ2) is 9.36. The van der Waals surface area contributed by atoms with E-state index in [1.54, 1.807) is 0 Å². The molecule has 5 rings (SSSR count). The van der Waals surface area contributed by atoms with Crippen molar-refractivity contribution >= 4 is 24.4 Å². The monoisotopic (exact) mass is 445 g/mol. The molecule has 2 N–H and O–H groups in total. The number of piperazine rings is 1. The zero-order valence-electron chi connectivity index (χ0n) is 17.9. The van der Waals surface area contributed by atoms with Crippen LogP contribution in [0.4, 0.5) is 10.5 Å². The lowest BCUT2D eigenvalue weighted by Crippen LogP contribution is -2.42. The highest BCUT2D eigenvalue weighted by Crippen LogP contribution is 2.44. The van der Waals surface area contributed by atoms with Crippen molar-refractivity contribution in [2.24, 2.45) is 0 Å². The number of anilines is 1. The van der Waals surface area contributed by atoms with Crippen molar-refractivity contribution in [1.29, 1.82) is 0 Å². The van der Waals surface area contributed by atoms with Crippen LogP contribution in [0.3, 0.4) is 0 Å². The van der Waals surface area contributed by atoms with Gasteiger partial charge in [-0.2, -0.15) is 0 Å². The molecule has 0 spiro atoms. The number of carbonyl (C=O) groups is 1. The SMILES string of the molecule is O=C(Nc1cc(S)cc(CN2CCNCC2)c1)OCC1c2ccccc2-c2ccccc21. The fourth-order valence-corrected chi connectivity index (χ4v) is 5.02. The Labute approximate surface area is 194 Å². The Hall–Kier alpha value is -2.80. The first kappa shape index (κ1) is 21.1. The smallest absolute Gasteiger partial charge is 0.411 e. The van der Waals surface area contributed by atoms with Crippen LogP contribution in [0.15, 0.2) is 71.6 Å². The Bertz CT molecular complexity index is 1080. The van der Waals surface area contributed by atoms with Crippen molar-refractivity contribution in [2.45, 2.75) is 17.4 Å². The van der Waals surface area contributed by atoms with Gasteiger partial charge in [0.1, 0.15) is 6.61 Å². The zero-order valence-corrected chi connectivity index (χ0v) is 18.8. The van der Waals surface area contributed by atoms with E-state index in [1.807, 2.05) is 42.5 Å². The van der Waals surface area contributed by atoms with Crippen molar-refractivity contribution in [3.05, 3.63) is 83.4 Å². The van der Waals surface area contributed by atoms with E-state index < -0.39 is 6.09 Å². The molecule has 2 aliphatic rings. The third-order valence-corrected chi connectivity index (χ3v) is 6.44. The van der Waals surface area contributed by atoms with Gasteiger partial charge in [0.15, 0.2) is 0 Å². The molecule has 3 aromatic rings. The van der Waals surface area contributed by atoms with Crippen LogP contribution < -0.4 is 10.6 Å². The summed E-state index contributed by atoms with van der Waals surface area (Å²) in [6.45, 7) is 5.19. The standard InChI is InChI=1S/C26H27N3O2S/c30-26(28-19-13-18(14-20(32)15-19)16-29-11-9-27-10-12-29)31-17-25-23-7-3-1-5-21(23)22-6-2-4-8-24(22)25/h1-8,13-15,25,27,32H,9-12,16-17H2,(H,28,30). The van der Waals surface area contributed by atoms with Crippen LogP contribution in [-0.2, 0) is 11.3 Å². The van der Waals surface area contributed by atoms with Gasteiger partial charge >= 0.3 is 6.09 Å². The van der Waals surface area contributed by atoms with Gasteiger partial charge in [-0.05, 0) is 46.0 Å². The number of amides is 1. The minimum absolute atomic E-state index is 0.0487. The Morgan fingerprint density at radius 1 is 1.00 bits per heavy atom. The van der Waals surface area contributed by atoms with Crippen molar-refractivity contribution in [3.63, 3.8) is 0 Å². The van der Waals surface area contributed by atoms with E-state index in [2.05, 4.69) is 52.4 Å². The normalized spacial score (nSPS) is 15.8. The molecule has 1 saturated heterocycles. The van der Waals surface area contributed by atoms with E-state index in [9.17, 15) is 4.79 Å². The number of benzene rings is 3. The van der Waals surface area contributed by atoms with Gasteiger partial charge in [0.05, 0.1) is 0 Å². The van der Waals surface area contributed by atoms with Crippen LogP contribution in [0.5, 0.6) is 0 Å². The number of ether oxygens (including phenoxy) is 1. The average molecular weight is 446 g/mol. The third kappa shape index (κ3) is 4.53. The first-order chi connectivity index (χ1) is 15.7. The van der Waals surface area contributed by atoms with Gasteiger partial charge < -0.3 is 10.1 Å². The number of hydrogen-bond acceptors (Lipinski definition) is 5. The van der Waals surface area contributed by atoms with E-state index in [1.165, 1.54) is 22.3 Å². The van der Waals surface area contributed by atoms with Crippen LogP contribution in [0.1, 0.15) is 22.6 Å². The highest BCUT2D eigenvalue weighted by molar-refractivity contribution is 7.80. The van der Waals surface area contributed by atoms with Gasteiger partial charge in [0.2, 0.25) is 0 Å². The number of thiol groups is 1. The third-order valence-electron chi connectivity index (χ3n) is 6.18. The molecular weight excluding hydrogens is 418 g/mol. The fraction of sp³-hybridized carbons (Fsp3) is 0.269. The van der Waals surface area contributed by atoms with Gasteiger partial charge in [-0.15, -0.1) is 12.6 Å². The summed E-state index contributed by atoms with van der Waals surface area (Å²) >= 11 is 4.53. The Kier molecular flexibility index (Phi) is 6.17. The molecule has 5 nitrogen and oxygen atoms in total. The highest BCUT2D eigenvalue weighted by Gasteiger charge is 2.29. The molecule has 0 atom stereocenters. The molecule has 6 heteroatoms. The second-order valence-corrected chi connectivity index (χ2v) is 8.88. The van der Waals surface area contributed by atoms with Crippen molar-refractivity contribution < 1.29 is 9.53 Å². The summed E-state index contributed by atoms with van der Waals surface area (Å²) < 4.78 is 5.68. The predicted octanol–water partition coefficient (Wildman–Crippen LogP) is 4.74. The van der Waals surface area contributed by atoms with Gasteiger partial charge in [-0.25, -0.2) is 4.79 Å². The van der Waals surface area contributed by atoms with E-state index in [0.29, 0.717) is 12.3 Å². The zero-order chi connectivity index (χ0) is 21.9. The molecule has 32 heavy (non-hydrogen) atoms. The highest BCUT2D eigenvalue weighted by atomic mass is 32.1. The number of fused-ring (bicyclic) bond motifs is 3. The predicted molar refractivity (Wildman–Crippen MR) is 131 cm³/mol. The van der Waals surface area contributed by atoms with Gasteiger partial charge in [0.25, 0.3) is 0 Å². The van der Waals surface area contributed by atoms with Crippen molar-refractivity contribution in [1.82, 2.24) is 10.2 Å². The molecule has 1 amide bonds. The lowest BCUT2D eigenvalue weighted by molar-refractivity contribution is 0.158. The molecule has 0 aromatic heterocycles. The maximum Gasteiger partial charge on any atom is 0.411 e. The molecule has 0 saturated carbocycles. The number of rotatable bonds is 5. The van der Waals surface area contributed by atoms with Crippen LogP contribution >= 0.6 is 12.6 Å². The summed E-state index contributed by atoms with van der Waals surface area (Å²) in [5, 5.41) is 6.26. The minimum atomic E-state index is -0.445. The summed E-state index contributed by atoms with van der Waals surface area (Å²) in [5.74, 6) is 0.0487. The number of nitrogens with one attached hydrogen (secondary N) is 2. The lowest BCUT2D eigenvalue weighted by atomic mass is 9.98. The number of hydrogen-bond donors (Lipinski definition) is 3. The van der Waals surface area contributed by atoms with E-state index in [4.69, 9.17) is 4.74 Å². The van der Waals surface area contributed by atoms with E-state index in [0.717, 1.165) is 43.2 Å². The van der Waals surface area contributed by atoms with Gasteiger partial charge in [-0.3, -0.25) is 10.2 Å². The largest absolute Gasteiger partial charge is 0.448 e. The van der Waals surface area contributed by atoms with Crippen LogP contribution in [0.25, 0.3) is 11.1 Å². The Morgan fingerprint density at radius 3 is 2.34 bits per heavy atom. The summed E-state index contributed by atoms with van der Waals surface area (Å²) in [7, 11) is 0. The molecular formula is C26H27N3O2S. The lowest BCUT2D eigenvalue weighted by Gasteiger charge is -2.27. The molecule has 0 unspecified atom stereocenters. The maximum absolute atomic E-state index is 12.6. The van der Waals surface area contributed by atoms with Crippen LogP contribution in [0, 0.1) is 0 Å². The topological polar surface area (TPSA) is 53.6 Å². The Morgan fingerprint density at radius 2 is 1.66 bits per heavy atom. The summed E-state index contributed by atoms with van der Waals surface area (Å²) in [6.07, 6.45) is -0.445. The molecule has 1 heterocycles. The average Bonchev–Trinajstić information content (AvgIpc) is 3.12.